The second-order valence-corrected chi connectivity index (χ2v) is 8.69. The van der Waals surface area contributed by atoms with E-state index in [-0.39, 0.29) is 17.5 Å². The van der Waals surface area contributed by atoms with Gasteiger partial charge in [0.25, 0.3) is 0 Å². The third-order valence-corrected chi connectivity index (χ3v) is 6.04. The zero-order chi connectivity index (χ0) is 19.1. The number of para-hydroxylation sites is 2. The molecule has 0 spiro atoms. The van der Waals surface area contributed by atoms with Crippen LogP contribution in [-0.4, -0.2) is 38.5 Å². The zero-order valence-corrected chi connectivity index (χ0v) is 16.2. The minimum atomic E-state index is -2.93. The molecule has 27 heavy (non-hydrogen) atoms. The molecule has 1 saturated heterocycles. The molecule has 0 aromatic heterocycles. The number of nitrogens with one attached hydrogen (secondary N) is 2. The largest absolute Gasteiger partial charge is 0.457 e. The summed E-state index contributed by atoms with van der Waals surface area (Å²) in [7, 11) is -2.93. The van der Waals surface area contributed by atoms with Crippen LogP contribution in [0.1, 0.15) is 18.9 Å². The molecule has 1 heterocycles. The van der Waals surface area contributed by atoms with E-state index in [4.69, 9.17) is 4.74 Å². The molecule has 6 nitrogen and oxygen atoms in total. The Morgan fingerprint density at radius 1 is 1.15 bits per heavy atom. The van der Waals surface area contributed by atoms with Crippen molar-refractivity contribution >= 4 is 15.8 Å². The average molecular weight is 388 g/mol. The lowest BCUT2D eigenvalue weighted by atomic mass is 10.2. The number of benzene rings is 2. The molecule has 1 aliphatic heterocycles. The monoisotopic (exact) mass is 387 g/mol. The third kappa shape index (κ3) is 5.72. The second kappa shape index (κ2) is 8.90. The summed E-state index contributed by atoms with van der Waals surface area (Å²) in [5.41, 5.74) is 0.956. The Morgan fingerprint density at radius 3 is 2.59 bits per heavy atom. The molecule has 0 saturated carbocycles. The minimum Gasteiger partial charge on any atom is -0.457 e. The number of sulfone groups is 1. The van der Waals surface area contributed by atoms with Crippen LogP contribution in [0.4, 0.5) is 0 Å². The first kappa shape index (κ1) is 19.2. The fourth-order valence-corrected chi connectivity index (χ4v) is 4.61. The highest BCUT2D eigenvalue weighted by atomic mass is 32.2. The van der Waals surface area contributed by atoms with E-state index in [0.717, 1.165) is 17.1 Å². The highest BCUT2D eigenvalue weighted by molar-refractivity contribution is 7.91. The highest BCUT2D eigenvalue weighted by Crippen LogP contribution is 2.25. The van der Waals surface area contributed by atoms with Gasteiger partial charge in [0.15, 0.2) is 15.8 Å². The zero-order valence-electron chi connectivity index (χ0n) is 15.4. The van der Waals surface area contributed by atoms with Crippen molar-refractivity contribution in [3.8, 4) is 11.5 Å². The lowest BCUT2D eigenvalue weighted by Gasteiger charge is -2.16. The van der Waals surface area contributed by atoms with Gasteiger partial charge in [-0.1, -0.05) is 36.4 Å². The Hall–Kier alpha value is -2.54. The molecule has 7 heteroatoms. The molecular formula is C20H25N3O3S. The second-order valence-electron chi connectivity index (χ2n) is 6.46. The van der Waals surface area contributed by atoms with Crippen LogP contribution in [-0.2, 0) is 16.4 Å². The number of nitrogens with zero attached hydrogens (tertiary/aromatic N) is 1. The summed E-state index contributed by atoms with van der Waals surface area (Å²) in [5, 5.41) is 6.41. The van der Waals surface area contributed by atoms with Gasteiger partial charge in [-0.2, -0.15) is 0 Å². The van der Waals surface area contributed by atoms with E-state index < -0.39 is 9.84 Å². The number of hydrogen-bond acceptors (Lipinski definition) is 4. The van der Waals surface area contributed by atoms with Crippen molar-refractivity contribution < 1.29 is 13.2 Å². The van der Waals surface area contributed by atoms with Gasteiger partial charge in [-0.05, 0) is 31.5 Å². The maximum absolute atomic E-state index is 11.7. The molecule has 1 atom stereocenters. The van der Waals surface area contributed by atoms with Crippen LogP contribution in [0.2, 0.25) is 0 Å². The van der Waals surface area contributed by atoms with Crippen LogP contribution < -0.4 is 15.4 Å². The van der Waals surface area contributed by atoms with Crippen molar-refractivity contribution in [1.82, 2.24) is 10.6 Å². The van der Waals surface area contributed by atoms with E-state index in [1.807, 2.05) is 61.5 Å². The summed E-state index contributed by atoms with van der Waals surface area (Å²) in [6, 6.07) is 17.3. The van der Waals surface area contributed by atoms with Crippen LogP contribution in [0.15, 0.2) is 59.6 Å². The van der Waals surface area contributed by atoms with E-state index in [0.29, 0.717) is 25.5 Å². The van der Waals surface area contributed by atoms with Crippen LogP contribution in [0.5, 0.6) is 11.5 Å². The summed E-state index contributed by atoms with van der Waals surface area (Å²) in [6.45, 7) is 3.11. The predicted octanol–water partition coefficient (Wildman–Crippen LogP) is 2.72. The Kier molecular flexibility index (Phi) is 6.34. The summed E-state index contributed by atoms with van der Waals surface area (Å²) >= 11 is 0. The summed E-state index contributed by atoms with van der Waals surface area (Å²) in [6.07, 6.45) is 0.612. The van der Waals surface area contributed by atoms with E-state index in [1.165, 1.54) is 0 Å². The van der Waals surface area contributed by atoms with Gasteiger partial charge >= 0.3 is 0 Å². The first-order valence-corrected chi connectivity index (χ1v) is 10.9. The molecule has 144 valence electrons. The first-order valence-electron chi connectivity index (χ1n) is 9.12. The van der Waals surface area contributed by atoms with Gasteiger partial charge in [0.2, 0.25) is 0 Å². The van der Waals surface area contributed by atoms with Crippen molar-refractivity contribution in [1.29, 1.82) is 0 Å². The van der Waals surface area contributed by atoms with Crippen LogP contribution in [0.3, 0.4) is 0 Å². The maximum atomic E-state index is 11.7. The van der Waals surface area contributed by atoms with Gasteiger partial charge < -0.3 is 15.4 Å². The van der Waals surface area contributed by atoms with Crippen LogP contribution >= 0.6 is 0 Å². The molecule has 2 N–H and O–H groups in total. The third-order valence-electron chi connectivity index (χ3n) is 4.27. The van der Waals surface area contributed by atoms with Gasteiger partial charge in [0.1, 0.15) is 11.5 Å². The molecule has 1 fully saturated rings. The van der Waals surface area contributed by atoms with E-state index >= 15 is 0 Å². The molecule has 0 aliphatic carbocycles. The number of hydrogen-bond donors (Lipinski definition) is 2. The highest BCUT2D eigenvalue weighted by Gasteiger charge is 2.28. The fourth-order valence-electron chi connectivity index (χ4n) is 2.94. The van der Waals surface area contributed by atoms with Crippen molar-refractivity contribution in [2.24, 2.45) is 4.99 Å². The smallest absolute Gasteiger partial charge is 0.191 e. The number of guanidine groups is 1. The van der Waals surface area contributed by atoms with Gasteiger partial charge in [0, 0.05) is 18.2 Å². The number of ether oxygens (including phenoxy) is 1. The molecule has 3 rings (SSSR count). The molecule has 0 bridgehead atoms. The van der Waals surface area contributed by atoms with Gasteiger partial charge in [-0.3, -0.25) is 0 Å². The van der Waals surface area contributed by atoms with E-state index in [1.54, 1.807) is 0 Å². The number of aliphatic imine (C=N–C) groups is 1. The lowest BCUT2D eigenvalue weighted by molar-refractivity contribution is 0.476. The van der Waals surface area contributed by atoms with Gasteiger partial charge in [-0.25, -0.2) is 13.4 Å². The molecule has 0 radical (unpaired) electrons. The Morgan fingerprint density at radius 2 is 1.89 bits per heavy atom. The van der Waals surface area contributed by atoms with Gasteiger partial charge in [0.05, 0.1) is 18.1 Å². The van der Waals surface area contributed by atoms with Crippen LogP contribution in [0.25, 0.3) is 0 Å². The van der Waals surface area contributed by atoms with Crippen molar-refractivity contribution in [3.05, 3.63) is 60.2 Å². The quantitative estimate of drug-likeness (QED) is 0.588. The predicted molar refractivity (Wildman–Crippen MR) is 108 cm³/mol. The van der Waals surface area contributed by atoms with Gasteiger partial charge in [-0.15, -0.1) is 0 Å². The molecule has 1 unspecified atom stereocenters. The minimum absolute atomic E-state index is 0.0939. The van der Waals surface area contributed by atoms with Crippen molar-refractivity contribution in [2.75, 3.05) is 18.1 Å². The van der Waals surface area contributed by atoms with E-state index in [9.17, 15) is 8.42 Å². The van der Waals surface area contributed by atoms with Crippen molar-refractivity contribution in [3.63, 3.8) is 0 Å². The molecule has 2 aromatic carbocycles. The van der Waals surface area contributed by atoms with E-state index in [2.05, 4.69) is 15.6 Å². The topological polar surface area (TPSA) is 79.8 Å². The first-order chi connectivity index (χ1) is 13.1. The Labute approximate surface area is 160 Å². The summed E-state index contributed by atoms with van der Waals surface area (Å²) < 4.78 is 29.3. The lowest BCUT2D eigenvalue weighted by Crippen LogP contribution is -2.44. The standard InChI is InChI=1S/C20H25N3O3S/c1-2-21-20(23-17-12-13-27(24,25)15-17)22-14-16-8-6-7-11-19(16)26-18-9-4-3-5-10-18/h3-11,17H,2,12-15H2,1H3,(H2,21,22,23). The summed E-state index contributed by atoms with van der Waals surface area (Å²) in [4.78, 5) is 4.62. The Bertz CT molecular complexity index is 882. The van der Waals surface area contributed by atoms with Crippen molar-refractivity contribution in [2.45, 2.75) is 25.9 Å². The molecule has 2 aromatic rings. The average Bonchev–Trinajstić information content (AvgIpc) is 3.00. The normalized spacial score (nSPS) is 18.9. The maximum Gasteiger partial charge on any atom is 0.191 e. The van der Waals surface area contributed by atoms with Crippen LogP contribution in [0, 0.1) is 0 Å². The molecule has 0 amide bonds. The Balaban J connectivity index is 1.70. The molecular weight excluding hydrogens is 362 g/mol. The molecule has 1 aliphatic rings. The fraction of sp³-hybridized carbons (Fsp3) is 0.350. The number of rotatable bonds is 6. The SMILES string of the molecule is CCNC(=NCc1ccccc1Oc1ccccc1)NC1CCS(=O)(=O)C1. The summed E-state index contributed by atoms with van der Waals surface area (Å²) in [5.74, 6) is 2.54.